The van der Waals surface area contributed by atoms with E-state index in [0.29, 0.717) is 11.6 Å². The van der Waals surface area contributed by atoms with E-state index in [4.69, 9.17) is 16.0 Å². The van der Waals surface area contributed by atoms with Crippen LogP contribution in [0.1, 0.15) is 11.3 Å². The van der Waals surface area contributed by atoms with Crippen LogP contribution in [0, 0.1) is 0 Å². The summed E-state index contributed by atoms with van der Waals surface area (Å²) in [5, 5.41) is 10.4. The van der Waals surface area contributed by atoms with Gasteiger partial charge in [0, 0.05) is 16.3 Å². The van der Waals surface area contributed by atoms with Crippen molar-refractivity contribution in [3.8, 4) is 11.4 Å². The summed E-state index contributed by atoms with van der Waals surface area (Å²) in [6.45, 7) is 0.578. The van der Waals surface area contributed by atoms with Crippen LogP contribution < -0.4 is 0 Å². The van der Waals surface area contributed by atoms with Crippen LogP contribution in [-0.4, -0.2) is 14.8 Å². The van der Waals surface area contributed by atoms with Gasteiger partial charge in [-0.1, -0.05) is 53.7 Å². The lowest BCUT2D eigenvalue weighted by molar-refractivity contribution is 0.485. The van der Waals surface area contributed by atoms with Gasteiger partial charge < -0.3 is 4.42 Å². The number of aromatic nitrogens is 3. The maximum Gasteiger partial charge on any atom is 0.192 e. The maximum atomic E-state index is 6.01. The van der Waals surface area contributed by atoms with E-state index in [9.17, 15) is 0 Å². The smallest absolute Gasteiger partial charge is 0.192 e. The van der Waals surface area contributed by atoms with Crippen molar-refractivity contribution in [2.24, 2.45) is 0 Å². The molecule has 4 nitrogen and oxygen atoms in total. The largest absolute Gasteiger partial charge is 0.467 e. The molecule has 2 heterocycles. The van der Waals surface area contributed by atoms with Crippen LogP contribution in [0.4, 0.5) is 0 Å². The van der Waals surface area contributed by atoms with Gasteiger partial charge in [-0.3, -0.25) is 4.57 Å². The number of benzene rings is 2. The molecule has 0 aliphatic heterocycles. The zero-order valence-electron chi connectivity index (χ0n) is 13.9. The normalized spacial score (nSPS) is 11.0. The van der Waals surface area contributed by atoms with Crippen molar-refractivity contribution >= 4 is 23.4 Å². The predicted molar refractivity (Wildman–Crippen MR) is 104 cm³/mol. The number of nitrogens with zero attached hydrogens (tertiary/aromatic N) is 3. The van der Waals surface area contributed by atoms with E-state index in [1.165, 1.54) is 5.56 Å². The van der Waals surface area contributed by atoms with Gasteiger partial charge in [0.2, 0.25) is 0 Å². The third-order valence-corrected chi connectivity index (χ3v) is 5.21. The topological polar surface area (TPSA) is 43.9 Å². The first-order chi connectivity index (χ1) is 12.8. The third kappa shape index (κ3) is 3.84. The Labute approximate surface area is 160 Å². The standard InChI is InChI=1S/C20H16ClN3OS/c21-17-10-8-16(9-11-17)19-22-23-20(24(19)13-18-7-4-12-25-18)26-14-15-5-2-1-3-6-15/h1-12H,13-14H2. The van der Waals surface area contributed by atoms with E-state index in [2.05, 4.69) is 26.9 Å². The average molecular weight is 382 g/mol. The fourth-order valence-corrected chi connectivity index (χ4v) is 3.65. The molecule has 0 aliphatic carbocycles. The Balaban J connectivity index is 1.65. The zero-order chi connectivity index (χ0) is 17.8. The molecule has 0 atom stereocenters. The molecule has 0 spiro atoms. The summed E-state index contributed by atoms with van der Waals surface area (Å²) in [6, 6.07) is 21.8. The number of furan rings is 1. The highest BCUT2D eigenvalue weighted by atomic mass is 35.5. The van der Waals surface area contributed by atoms with E-state index in [0.717, 1.165) is 28.1 Å². The molecule has 0 N–H and O–H groups in total. The van der Waals surface area contributed by atoms with Gasteiger partial charge in [0.15, 0.2) is 11.0 Å². The van der Waals surface area contributed by atoms with E-state index >= 15 is 0 Å². The Bertz CT molecular complexity index is 966. The highest BCUT2D eigenvalue weighted by Crippen LogP contribution is 2.28. The molecule has 2 aromatic carbocycles. The molecule has 0 bridgehead atoms. The molecule has 0 aliphatic rings. The maximum absolute atomic E-state index is 6.01. The molecule has 6 heteroatoms. The fraction of sp³-hybridized carbons (Fsp3) is 0.100. The van der Waals surface area contributed by atoms with Crippen LogP contribution in [0.25, 0.3) is 11.4 Å². The minimum atomic E-state index is 0.578. The molecule has 130 valence electrons. The van der Waals surface area contributed by atoms with Gasteiger partial charge in [-0.05, 0) is 42.0 Å². The second-order valence-corrected chi connectivity index (χ2v) is 7.13. The van der Waals surface area contributed by atoms with Crippen molar-refractivity contribution in [2.75, 3.05) is 0 Å². The van der Waals surface area contributed by atoms with Gasteiger partial charge in [-0.2, -0.15) is 0 Å². The number of thioether (sulfide) groups is 1. The van der Waals surface area contributed by atoms with E-state index in [1.807, 2.05) is 54.6 Å². The van der Waals surface area contributed by atoms with Crippen molar-refractivity contribution in [3.63, 3.8) is 0 Å². The van der Waals surface area contributed by atoms with Crippen LogP contribution >= 0.6 is 23.4 Å². The molecule has 0 unspecified atom stereocenters. The molecular formula is C20H16ClN3OS. The van der Waals surface area contributed by atoms with Crippen molar-refractivity contribution in [3.05, 3.63) is 89.3 Å². The van der Waals surface area contributed by atoms with Crippen LogP contribution in [-0.2, 0) is 12.3 Å². The van der Waals surface area contributed by atoms with Gasteiger partial charge >= 0.3 is 0 Å². The first-order valence-corrected chi connectivity index (χ1v) is 9.54. The van der Waals surface area contributed by atoms with Crippen molar-refractivity contribution in [1.82, 2.24) is 14.8 Å². The number of halogens is 1. The lowest BCUT2D eigenvalue weighted by atomic mass is 10.2. The van der Waals surface area contributed by atoms with Crippen molar-refractivity contribution < 1.29 is 4.42 Å². The van der Waals surface area contributed by atoms with Gasteiger partial charge in [-0.25, -0.2) is 0 Å². The minimum Gasteiger partial charge on any atom is -0.467 e. The summed E-state index contributed by atoms with van der Waals surface area (Å²) < 4.78 is 7.61. The highest BCUT2D eigenvalue weighted by molar-refractivity contribution is 7.98. The lowest BCUT2D eigenvalue weighted by Crippen LogP contribution is -2.03. The van der Waals surface area contributed by atoms with Gasteiger partial charge in [-0.15, -0.1) is 10.2 Å². The SMILES string of the molecule is Clc1ccc(-c2nnc(SCc3ccccc3)n2Cc2ccco2)cc1. The summed E-state index contributed by atoms with van der Waals surface area (Å²) in [5.41, 5.74) is 2.22. The molecule has 26 heavy (non-hydrogen) atoms. The van der Waals surface area contributed by atoms with Crippen LogP contribution in [0.15, 0.2) is 82.6 Å². The molecule has 4 aromatic rings. The fourth-order valence-electron chi connectivity index (χ4n) is 2.63. The van der Waals surface area contributed by atoms with Crippen molar-refractivity contribution in [1.29, 1.82) is 0 Å². The molecular weight excluding hydrogens is 366 g/mol. The predicted octanol–water partition coefficient (Wildman–Crippen LogP) is 5.53. The Morgan fingerprint density at radius 1 is 0.923 bits per heavy atom. The lowest BCUT2D eigenvalue weighted by Gasteiger charge is -2.09. The van der Waals surface area contributed by atoms with Crippen LogP contribution in [0.5, 0.6) is 0 Å². The Morgan fingerprint density at radius 2 is 1.73 bits per heavy atom. The van der Waals surface area contributed by atoms with Crippen LogP contribution in [0.3, 0.4) is 0 Å². The second-order valence-electron chi connectivity index (χ2n) is 5.75. The average Bonchev–Trinajstić information content (AvgIpc) is 3.32. The summed E-state index contributed by atoms with van der Waals surface area (Å²) in [7, 11) is 0. The number of hydrogen-bond acceptors (Lipinski definition) is 4. The van der Waals surface area contributed by atoms with E-state index in [1.54, 1.807) is 18.0 Å². The molecule has 0 radical (unpaired) electrons. The summed E-state index contributed by atoms with van der Waals surface area (Å²) in [5.74, 6) is 2.49. The molecule has 0 saturated heterocycles. The summed E-state index contributed by atoms with van der Waals surface area (Å²) in [4.78, 5) is 0. The van der Waals surface area contributed by atoms with E-state index < -0.39 is 0 Å². The first kappa shape index (κ1) is 16.9. The first-order valence-electron chi connectivity index (χ1n) is 8.18. The molecule has 0 amide bonds. The van der Waals surface area contributed by atoms with Crippen LogP contribution in [0.2, 0.25) is 5.02 Å². The summed E-state index contributed by atoms with van der Waals surface area (Å²) >= 11 is 7.68. The Kier molecular flexibility index (Phi) is 5.09. The molecule has 0 saturated carbocycles. The minimum absolute atomic E-state index is 0.578. The zero-order valence-corrected chi connectivity index (χ0v) is 15.5. The highest BCUT2D eigenvalue weighted by Gasteiger charge is 2.16. The van der Waals surface area contributed by atoms with Crippen molar-refractivity contribution in [2.45, 2.75) is 17.5 Å². The molecule has 4 rings (SSSR count). The Morgan fingerprint density at radius 3 is 2.46 bits per heavy atom. The monoisotopic (exact) mass is 381 g/mol. The summed E-state index contributed by atoms with van der Waals surface area (Å²) in [6.07, 6.45) is 1.68. The Hall–Kier alpha value is -2.50. The number of rotatable bonds is 6. The third-order valence-electron chi connectivity index (χ3n) is 3.92. The number of hydrogen-bond donors (Lipinski definition) is 0. The van der Waals surface area contributed by atoms with Gasteiger partial charge in [0.05, 0.1) is 12.8 Å². The van der Waals surface area contributed by atoms with E-state index in [-0.39, 0.29) is 0 Å². The molecule has 0 fully saturated rings. The second kappa shape index (κ2) is 7.81. The van der Waals surface area contributed by atoms with Gasteiger partial charge in [0.25, 0.3) is 0 Å². The van der Waals surface area contributed by atoms with Gasteiger partial charge in [0.1, 0.15) is 5.76 Å². The molecule has 2 aromatic heterocycles. The quantitative estimate of drug-likeness (QED) is 0.412.